The van der Waals surface area contributed by atoms with Crippen LogP contribution in [0.4, 0.5) is 0 Å². The van der Waals surface area contributed by atoms with Crippen LogP contribution in [-0.4, -0.2) is 22.8 Å². The number of hydrogen-bond donors (Lipinski definition) is 1. The lowest BCUT2D eigenvalue weighted by Crippen LogP contribution is -2.55. The Bertz CT molecular complexity index is 571. The summed E-state index contributed by atoms with van der Waals surface area (Å²) < 4.78 is 6.08. The summed E-state index contributed by atoms with van der Waals surface area (Å²) in [7, 11) is 0. The van der Waals surface area contributed by atoms with Crippen LogP contribution in [0.2, 0.25) is 0 Å². The lowest BCUT2D eigenvalue weighted by molar-refractivity contribution is -0.269. The van der Waals surface area contributed by atoms with E-state index in [0.29, 0.717) is 35.1 Å². The van der Waals surface area contributed by atoms with Gasteiger partial charge in [-0.15, -0.1) is 0 Å². The zero-order valence-electron chi connectivity index (χ0n) is 13.4. The van der Waals surface area contributed by atoms with Gasteiger partial charge in [0.15, 0.2) is 5.79 Å². The molecule has 22 heavy (non-hydrogen) atoms. The van der Waals surface area contributed by atoms with Gasteiger partial charge in [0, 0.05) is 30.1 Å². The predicted octanol–water partition coefficient (Wildman–Crippen LogP) is 2.91. The number of carbonyl (C=O) groups excluding carboxylic acids is 1. The van der Waals surface area contributed by atoms with Gasteiger partial charge >= 0.3 is 0 Å². The number of carbonyl (C=O) groups is 1. The molecule has 1 N–H and O–H groups in total. The molecule has 0 amide bonds. The van der Waals surface area contributed by atoms with E-state index in [0.717, 1.165) is 43.9 Å². The Morgan fingerprint density at radius 1 is 1.09 bits per heavy atom. The molecular formula is C19H26O3. The van der Waals surface area contributed by atoms with E-state index in [1.807, 2.05) is 0 Å². The Morgan fingerprint density at radius 3 is 2.73 bits per heavy atom. The molecule has 2 heterocycles. The van der Waals surface area contributed by atoms with E-state index in [1.54, 1.807) is 0 Å². The van der Waals surface area contributed by atoms with Gasteiger partial charge in [0.1, 0.15) is 5.78 Å². The number of ether oxygens (including phenoxy) is 1. The molecule has 5 saturated carbocycles. The predicted molar refractivity (Wildman–Crippen MR) is 79.8 cm³/mol. The molecule has 3 heteroatoms. The molecular weight excluding hydrogens is 276 g/mol. The first-order valence-corrected chi connectivity index (χ1v) is 9.42. The SMILES string of the molecule is C[C@]12CC[C@H]3[C@@H](CC[C@H]4C[C@]5(O)C[C@H]6[C@@H](O5)[C@]436)[C@@H]1CCC2=O. The number of hydrogen-bond acceptors (Lipinski definition) is 3. The van der Waals surface area contributed by atoms with Crippen LogP contribution in [0.5, 0.6) is 0 Å². The van der Waals surface area contributed by atoms with Crippen molar-refractivity contribution in [2.45, 2.75) is 70.2 Å². The van der Waals surface area contributed by atoms with Crippen molar-refractivity contribution in [2.75, 3.05) is 0 Å². The summed E-state index contributed by atoms with van der Waals surface area (Å²) in [5.74, 6) is 3.25. The van der Waals surface area contributed by atoms with Crippen LogP contribution in [0.15, 0.2) is 0 Å². The molecule has 5 aliphatic carbocycles. The Labute approximate surface area is 131 Å². The van der Waals surface area contributed by atoms with Crippen molar-refractivity contribution in [2.24, 2.45) is 40.4 Å². The van der Waals surface area contributed by atoms with Gasteiger partial charge in [-0.05, 0) is 61.7 Å². The minimum Gasteiger partial charge on any atom is -0.365 e. The fourth-order valence-electron chi connectivity index (χ4n) is 8.41. The molecule has 7 fully saturated rings. The van der Waals surface area contributed by atoms with Gasteiger partial charge in [-0.3, -0.25) is 4.79 Å². The number of fused-ring (bicyclic) bond motifs is 3. The third-order valence-corrected chi connectivity index (χ3v) is 9.19. The van der Waals surface area contributed by atoms with Gasteiger partial charge in [-0.2, -0.15) is 0 Å². The summed E-state index contributed by atoms with van der Waals surface area (Å²) >= 11 is 0. The Morgan fingerprint density at radius 2 is 1.95 bits per heavy atom. The Balaban J connectivity index is 1.40. The van der Waals surface area contributed by atoms with Gasteiger partial charge in [-0.25, -0.2) is 0 Å². The summed E-state index contributed by atoms with van der Waals surface area (Å²) in [6.45, 7) is 2.26. The summed E-state index contributed by atoms with van der Waals surface area (Å²) in [5.41, 5.74) is 0.394. The maximum absolute atomic E-state index is 12.4. The number of ketones is 1. The van der Waals surface area contributed by atoms with Gasteiger partial charge in [0.05, 0.1) is 6.10 Å². The van der Waals surface area contributed by atoms with E-state index in [1.165, 1.54) is 19.3 Å². The largest absolute Gasteiger partial charge is 0.365 e. The normalized spacial score (nSPS) is 67.5. The first-order chi connectivity index (χ1) is 10.5. The Hall–Kier alpha value is -0.410. The number of rotatable bonds is 0. The fourth-order valence-corrected chi connectivity index (χ4v) is 8.41. The van der Waals surface area contributed by atoms with Crippen molar-refractivity contribution in [1.29, 1.82) is 0 Å². The molecule has 3 nitrogen and oxygen atoms in total. The molecule has 0 aromatic carbocycles. The first-order valence-electron chi connectivity index (χ1n) is 9.42. The first kappa shape index (κ1) is 12.9. The fraction of sp³-hybridized carbons (Fsp3) is 0.947. The van der Waals surface area contributed by atoms with Crippen molar-refractivity contribution in [1.82, 2.24) is 0 Å². The molecule has 0 unspecified atom stereocenters. The average molecular weight is 302 g/mol. The minimum atomic E-state index is -0.777. The highest BCUT2D eigenvalue weighted by Gasteiger charge is 2.83. The van der Waals surface area contributed by atoms with Crippen molar-refractivity contribution < 1.29 is 14.6 Å². The molecule has 0 aromatic heterocycles. The zero-order chi connectivity index (χ0) is 14.9. The van der Waals surface area contributed by atoms with Gasteiger partial charge in [0.2, 0.25) is 0 Å². The Kier molecular flexibility index (Phi) is 2.05. The second-order valence-electron chi connectivity index (χ2n) is 9.57. The molecule has 7 aliphatic rings. The summed E-state index contributed by atoms with van der Waals surface area (Å²) in [6, 6.07) is 0. The third-order valence-electron chi connectivity index (χ3n) is 9.19. The molecule has 2 aliphatic heterocycles. The number of aliphatic hydroxyl groups is 1. The van der Waals surface area contributed by atoms with E-state index >= 15 is 0 Å². The molecule has 9 atom stereocenters. The quantitative estimate of drug-likeness (QED) is 0.748. The standard InChI is InChI=1S/C19H26O3/c1-17-7-6-13-11(12(17)4-5-15(17)20)3-2-10-8-18(21)9-14-16(22-18)19(10,13)14/h10-14,16,21H,2-9H2,1H3/t10-,11-,12-,13-,14-,16+,17-,18+,19+/m0/s1. The van der Waals surface area contributed by atoms with Crippen LogP contribution in [-0.2, 0) is 9.53 Å². The molecule has 0 radical (unpaired) electrons. The number of Topliss-reactive ketones (excluding diaryl/α,β-unsaturated/α-hetero) is 1. The minimum absolute atomic E-state index is 0.00902. The average Bonchev–Trinajstić information content (AvgIpc) is 2.80. The molecule has 2 saturated heterocycles. The topological polar surface area (TPSA) is 46.5 Å². The van der Waals surface area contributed by atoms with Gasteiger partial charge in [-0.1, -0.05) is 6.92 Å². The van der Waals surface area contributed by atoms with Gasteiger partial charge < -0.3 is 9.84 Å². The second kappa shape index (κ2) is 3.49. The monoisotopic (exact) mass is 302 g/mol. The van der Waals surface area contributed by atoms with Crippen LogP contribution < -0.4 is 0 Å². The van der Waals surface area contributed by atoms with E-state index < -0.39 is 5.79 Å². The lowest BCUT2D eigenvalue weighted by atomic mass is 9.48. The summed E-state index contributed by atoms with van der Waals surface area (Å²) in [6.07, 6.45) is 8.97. The van der Waals surface area contributed by atoms with Crippen LogP contribution in [0.1, 0.15) is 58.3 Å². The van der Waals surface area contributed by atoms with E-state index in [-0.39, 0.29) is 5.41 Å². The maximum atomic E-state index is 12.4. The summed E-state index contributed by atoms with van der Waals surface area (Å²) in [5, 5.41) is 10.5. The van der Waals surface area contributed by atoms with Crippen LogP contribution in [0.3, 0.4) is 0 Å². The van der Waals surface area contributed by atoms with Crippen molar-refractivity contribution in [3.05, 3.63) is 0 Å². The van der Waals surface area contributed by atoms with Crippen molar-refractivity contribution >= 4 is 5.78 Å². The highest BCUT2D eigenvalue weighted by molar-refractivity contribution is 5.87. The zero-order valence-corrected chi connectivity index (χ0v) is 13.4. The van der Waals surface area contributed by atoms with Crippen LogP contribution in [0.25, 0.3) is 0 Å². The smallest absolute Gasteiger partial charge is 0.166 e. The second-order valence-corrected chi connectivity index (χ2v) is 9.57. The molecule has 0 aromatic rings. The third kappa shape index (κ3) is 1.15. The van der Waals surface area contributed by atoms with Crippen LogP contribution in [0, 0.1) is 40.4 Å². The highest BCUT2D eigenvalue weighted by Crippen LogP contribution is 2.81. The van der Waals surface area contributed by atoms with E-state index in [4.69, 9.17) is 4.74 Å². The molecule has 4 bridgehead atoms. The van der Waals surface area contributed by atoms with E-state index in [2.05, 4.69) is 6.92 Å². The molecule has 7 rings (SSSR count). The summed E-state index contributed by atoms with van der Waals surface area (Å²) in [4.78, 5) is 12.4. The molecule has 120 valence electrons. The molecule has 1 spiro atoms. The van der Waals surface area contributed by atoms with E-state index in [9.17, 15) is 9.90 Å². The van der Waals surface area contributed by atoms with Crippen molar-refractivity contribution in [3.8, 4) is 0 Å². The van der Waals surface area contributed by atoms with Crippen molar-refractivity contribution in [3.63, 3.8) is 0 Å². The maximum Gasteiger partial charge on any atom is 0.166 e. The van der Waals surface area contributed by atoms with Crippen LogP contribution >= 0.6 is 0 Å². The highest BCUT2D eigenvalue weighted by atomic mass is 16.6. The van der Waals surface area contributed by atoms with Gasteiger partial charge in [0.25, 0.3) is 0 Å². The lowest BCUT2D eigenvalue weighted by Gasteiger charge is -2.57.